The molecule has 0 bridgehead atoms. The molecule has 0 unspecified atom stereocenters. The fraction of sp³-hybridized carbons (Fsp3) is 0.333. The lowest BCUT2D eigenvalue weighted by Gasteiger charge is -2.21. The first-order valence-electron chi connectivity index (χ1n) is 6.31. The predicted octanol–water partition coefficient (Wildman–Crippen LogP) is 3.64. The summed E-state index contributed by atoms with van der Waals surface area (Å²) < 4.78 is 6.08. The fourth-order valence-corrected chi connectivity index (χ4v) is 2.88. The lowest BCUT2D eigenvalue weighted by atomic mass is 9.92. The number of hydrogen-bond donors (Lipinski definition) is 1. The minimum absolute atomic E-state index is 0.0746. The largest absolute Gasteiger partial charge is 0.497 e. The molecule has 0 fully saturated rings. The normalized spacial score (nSPS) is 11.4. The maximum Gasteiger partial charge on any atom is 0.161 e. The molecule has 0 saturated carbocycles. The van der Waals surface area contributed by atoms with E-state index in [4.69, 9.17) is 15.5 Å². The zero-order valence-corrected chi connectivity index (χ0v) is 14.2. The quantitative estimate of drug-likeness (QED) is 0.805. The van der Waals surface area contributed by atoms with Gasteiger partial charge >= 0.3 is 0 Å². The summed E-state index contributed by atoms with van der Waals surface area (Å²) in [6.45, 7) is 6.36. The molecule has 0 saturated heterocycles. The highest BCUT2D eigenvalue weighted by atomic mass is 127. The molecule has 4 nitrogen and oxygen atoms in total. The molecule has 0 atom stereocenters. The zero-order chi connectivity index (χ0) is 14.9. The van der Waals surface area contributed by atoms with Crippen molar-refractivity contribution in [3.8, 4) is 17.1 Å². The molecule has 0 aliphatic carbocycles. The van der Waals surface area contributed by atoms with Crippen LogP contribution in [0.2, 0.25) is 0 Å². The average Bonchev–Trinajstić information content (AvgIpc) is 2.40. The molecule has 0 aliphatic heterocycles. The summed E-state index contributed by atoms with van der Waals surface area (Å²) in [6, 6.07) is 7.66. The van der Waals surface area contributed by atoms with Crippen LogP contribution in [0, 0.1) is 3.57 Å². The van der Waals surface area contributed by atoms with Crippen molar-refractivity contribution in [2.45, 2.75) is 26.2 Å². The third-order valence-electron chi connectivity index (χ3n) is 2.94. The van der Waals surface area contributed by atoms with Crippen LogP contribution in [-0.2, 0) is 5.41 Å². The van der Waals surface area contributed by atoms with E-state index in [1.807, 2.05) is 24.3 Å². The first kappa shape index (κ1) is 15.0. The van der Waals surface area contributed by atoms with E-state index < -0.39 is 0 Å². The van der Waals surface area contributed by atoms with E-state index in [9.17, 15) is 0 Å². The second kappa shape index (κ2) is 5.55. The molecule has 0 spiro atoms. The number of benzene rings is 1. The number of ether oxygens (including phenoxy) is 1. The van der Waals surface area contributed by atoms with Crippen LogP contribution >= 0.6 is 22.6 Å². The number of methoxy groups -OCH3 is 1. The van der Waals surface area contributed by atoms with E-state index in [1.165, 1.54) is 0 Å². The molecule has 2 N–H and O–H groups in total. The zero-order valence-electron chi connectivity index (χ0n) is 12.1. The van der Waals surface area contributed by atoms with Gasteiger partial charge < -0.3 is 10.5 Å². The van der Waals surface area contributed by atoms with Crippen molar-refractivity contribution >= 4 is 28.4 Å². The highest BCUT2D eigenvalue weighted by molar-refractivity contribution is 14.1. The lowest BCUT2D eigenvalue weighted by molar-refractivity contribution is 0.415. The Morgan fingerprint density at radius 3 is 2.20 bits per heavy atom. The van der Waals surface area contributed by atoms with E-state index in [0.717, 1.165) is 20.6 Å². The Labute approximate surface area is 132 Å². The molecule has 106 valence electrons. The highest BCUT2D eigenvalue weighted by Gasteiger charge is 2.22. The molecule has 0 amide bonds. The van der Waals surface area contributed by atoms with Crippen molar-refractivity contribution in [1.29, 1.82) is 0 Å². The van der Waals surface area contributed by atoms with Crippen molar-refractivity contribution in [3.63, 3.8) is 0 Å². The predicted molar refractivity (Wildman–Crippen MR) is 89.8 cm³/mol. The van der Waals surface area contributed by atoms with Crippen LogP contribution in [-0.4, -0.2) is 17.1 Å². The fourth-order valence-electron chi connectivity index (χ4n) is 1.83. The molecule has 1 heterocycles. The number of halogens is 1. The highest BCUT2D eigenvalue weighted by Crippen LogP contribution is 2.30. The van der Waals surface area contributed by atoms with Crippen molar-refractivity contribution in [2.24, 2.45) is 0 Å². The molecule has 2 rings (SSSR count). The molecule has 0 radical (unpaired) electrons. The topological polar surface area (TPSA) is 61.0 Å². The van der Waals surface area contributed by atoms with Gasteiger partial charge in [0.1, 0.15) is 11.6 Å². The van der Waals surface area contributed by atoms with E-state index >= 15 is 0 Å². The van der Waals surface area contributed by atoms with Crippen molar-refractivity contribution < 1.29 is 4.74 Å². The van der Waals surface area contributed by atoms with Crippen LogP contribution in [0.1, 0.15) is 26.5 Å². The monoisotopic (exact) mass is 383 g/mol. The van der Waals surface area contributed by atoms with E-state index in [1.54, 1.807) is 7.11 Å². The van der Waals surface area contributed by atoms with Crippen molar-refractivity contribution in [2.75, 3.05) is 12.8 Å². The summed E-state index contributed by atoms with van der Waals surface area (Å²) in [6.07, 6.45) is 0. The average molecular weight is 383 g/mol. The van der Waals surface area contributed by atoms with Gasteiger partial charge in [-0.3, -0.25) is 0 Å². The van der Waals surface area contributed by atoms with Gasteiger partial charge in [-0.1, -0.05) is 20.8 Å². The summed E-state index contributed by atoms with van der Waals surface area (Å²) in [5.74, 6) is 1.98. The maximum atomic E-state index is 6.03. The molecule has 0 aliphatic rings. The smallest absolute Gasteiger partial charge is 0.161 e. The van der Waals surface area contributed by atoms with Gasteiger partial charge in [0.05, 0.1) is 16.4 Å². The van der Waals surface area contributed by atoms with E-state index in [2.05, 4.69) is 48.3 Å². The van der Waals surface area contributed by atoms with Gasteiger partial charge in [0, 0.05) is 11.0 Å². The Morgan fingerprint density at radius 2 is 1.70 bits per heavy atom. The first-order valence-corrected chi connectivity index (χ1v) is 7.38. The molecular weight excluding hydrogens is 365 g/mol. The summed E-state index contributed by atoms with van der Waals surface area (Å²) in [5, 5.41) is 0. The Balaban J connectivity index is 2.54. The third-order valence-corrected chi connectivity index (χ3v) is 4.00. The minimum Gasteiger partial charge on any atom is -0.497 e. The molecule has 2 aromatic rings. The number of anilines is 1. The number of nitrogens with two attached hydrogens (primary N) is 1. The van der Waals surface area contributed by atoms with Crippen LogP contribution in [0.3, 0.4) is 0 Å². The number of hydrogen-bond acceptors (Lipinski definition) is 4. The Hall–Kier alpha value is -1.37. The van der Waals surface area contributed by atoms with Crippen LogP contribution in [0.4, 0.5) is 5.82 Å². The van der Waals surface area contributed by atoms with Crippen LogP contribution in [0.5, 0.6) is 5.75 Å². The van der Waals surface area contributed by atoms with Gasteiger partial charge in [-0.25, -0.2) is 9.97 Å². The van der Waals surface area contributed by atoms with Gasteiger partial charge in [0.2, 0.25) is 0 Å². The standard InChI is InChI=1S/C15H18IN3O/c1-15(2,3)12-11(16)13(17)19-14(18-12)9-5-7-10(20-4)8-6-9/h5-8H,1-4H3,(H2,17,18,19). The van der Waals surface area contributed by atoms with Gasteiger partial charge in [0.15, 0.2) is 5.82 Å². The number of aromatic nitrogens is 2. The van der Waals surface area contributed by atoms with Gasteiger partial charge in [-0.2, -0.15) is 0 Å². The summed E-state index contributed by atoms with van der Waals surface area (Å²) in [5.41, 5.74) is 7.85. The first-order chi connectivity index (χ1) is 9.32. The molecule has 20 heavy (non-hydrogen) atoms. The van der Waals surface area contributed by atoms with E-state index in [-0.39, 0.29) is 5.41 Å². The van der Waals surface area contributed by atoms with Gasteiger partial charge in [-0.15, -0.1) is 0 Å². The molecule has 5 heteroatoms. The Bertz CT molecular complexity index is 618. The summed E-state index contributed by atoms with van der Waals surface area (Å²) in [7, 11) is 1.64. The summed E-state index contributed by atoms with van der Waals surface area (Å²) in [4.78, 5) is 9.08. The SMILES string of the molecule is COc1ccc(-c2nc(N)c(I)c(C(C)(C)C)n2)cc1. The number of rotatable bonds is 2. The molecular formula is C15H18IN3O. The molecule has 1 aromatic carbocycles. The van der Waals surface area contributed by atoms with Crippen LogP contribution in [0.15, 0.2) is 24.3 Å². The number of nitrogen functional groups attached to an aromatic ring is 1. The summed E-state index contributed by atoms with van der Waals surface area (Å²) >= 11 is 2.21. The second-order valence-electron chi connectivity index (χ2n) is 5.57. The Morgan fingerprint density at radius 1 is 1.10 bits per heavy atom. The van der Waals surface area contributed by atoms with Gasteiger partial charge in [0.25, 0.3) is 0 Å². The van der Waals surface area contributed by atoms with Crippen molar-refractivity contribution in [3.05, 3.63) is 33.5 Å². The lowest BCUT2D eigenvalue weighted by Crippen LogP contribution is -2.18. The number of nitrogens with zero attached hydrogens (tertiary/aromatic N) is 2. The van der Waals surface area contributed by atoms with Gasteiger partial charge in [-0.05, 0) is 46.9 Å². The molecule has 1 aromatic heterocycles. The Kier molecular flexibility index (Phi) is 4.17. The second-order valence-corrected chi connectivity index (χ2v) is 6.65. The third kappa shape index (κ3) is 3.03. The maximum absolute atomic E-state index is 6.03. The van der Waals surface area contributed by atoms with Crippen LogP contribution < -0.4 is 10.5 Å². The minimum atomic E-state index is -0.0746. The van der Waals surface area contributed by atoms with Crippen molar-refractivity contribution in [1.82, 2.24) is 9.97 Å². The van der Waals surface area contributed by atoms with E-state index in [0.29, 0.717) is 11.6 Å². The van der Waals surface area contributed by atoms with Crippen LogP contribution in [0.25, 0.3) is 11.4 Å².